The van der Waals surface area contributed by atoms with Gasteiger partial charge in [-0.1, -0.05) is 0 Å². The van der Waals surface area contributed by atoms with Crippen molar-refractivity contribution in [2.45, 2.75) is 52.4 Å². The first-order valence-electron chi connectivity index (χ1n) is 11.3. The average Bonchev–Trinajstić information content (AvgIpc) is 2.76. The number of ether oxygens (including phenoxy) is 4. The standard InChI is InChI=1S/C24H32N2O8/c1-15-12-17(21(28)25-6-9-31-10-7-25)14-18(13-15)26-8-11-32-19(22(26)29)20(33-16(2)27)23(30)34-24(3,4)5/h12-14,19-20H,6-11H2,1-5H3. The first-order chi connectivity index (χ1) is 16.0. The van der Waals surface area contributed by atoms with Gasteiger partial charge in [-0.05, 0) is 51.5 Å². The van der Waals surface area contributed by atoms with Gasteiger partial charge in [0, 0.05) is 37.8 Å². The summed E-state index contributed by atoms with van der Waals surface area (Å²) in [4.78, 5) is 54.0. The van der Waals surface area contributed by atoms with Crippen LogP contribution in [0.25, 0.3) is 0 Å². The second-order valence-electron chi connectivity index (χ2n) is 9.31. The summed E-state index contributed by atoms with van der Waals surface area (Å²) in [6.45, 7) is 10.3. The van der Waals surface area contributed by atoms with Crippen molar-refractivity contribution < 1.29 is 38.1 Å². The Morgan fingerprint density at radius 3 is 2.35 bits per heavy atom. The lowest BCUT2D eigenvalue weighted by atomic mass is 10.1. The largest absolute Gasteiger partial charge is 0.457 e. The van der Waals surface area contributed by atoms with Gasteiger partial charge in [-0.15, -0.1) is 0 Å². The van der Waals surface area contributed by atoms with Gasteiger partial charge in [0.05, 0.1) is 19.8 Å². The summed E-state index contributed by atoms with van der Waals surface area (Å²) in [5.74, 6) is -2.30. The molecule has 10 nitrogen and oxygen atoms in total. The van der Waals surface area contributed by atoms with Crippen molar-refractivity contribution in [2.75, 3.05) is 44.4 Å². The molecule has 34 heavy (non-hydrogen) atoms. The van der Waals surface area contributed by atoms with Crippen LogP contribution in [-0.2, 0) is 33.3 Å². The lowest BCUT2D eigenvalue weighted by Crippen LogP contribution is -2.56. The zero-order valence-electron chi connectivity index (χ0n) is 20.3. The van der Waals surface area contributed by atoms with E-state index >= 15 is 0 Å². The number of hydrogen-bond acceptors (Lipinski definition) is 8. The van der Waals surface area contributed by atoms with Gasteiger partial charge in [-0.25, -0.2) is 4.79 Å². The number of morpholine rings is 2. The van der Waals surface area contributed by atoms with Crippen LogP contribution in [0.2, 0.25) is 0 Å². The maximum Gasteiger partial charge on any atom is 0.351 e. The van der Waals surface area contributed by atoms with Crippen LogP contribution in [0.15, 0.2) is 18.2 Å². The quantitative estimate of drug-likeness (QED) is 0.588. The van der Waals surface area contributed by atoms with Gasteiger partial charge in [0.2, 0.25) is 6.10 Å². The summed E-state index contributed by atoms with van der Waals surface area (Å²) in [6.07, 6.45) is -2.92. The first-order valence-corrected chi connectivity index (χ1v) is 11.3. The number of benzene rings is 1. The highest BCUT2D eigenvalue weighted by Gasteiger charge is 2.44. The Morgan fingerprint density at radius 2 is 1.74 bits per heavy atom. The molecule has 1 aromatic carbocycles. The SMILES string of the molecule is CC(=O)OC(C(=O)OC(C)(C)C)C1OCCN(c2cc(C)cc(C(=O)N3CCOCC3)c2)C1=O. The number of amides is 2. The second-order valence-corrected chi connectivity index (χ2v) is 9.31. The topological polar surface area (TPSA) is 112 Å². The van der Waals surface area contributed by atoms with E-state index in [4.69, 9.17) is 18.9 Å². The van der Waals surface area contributed by atoms with Gasteiger partial charge in [0.25, 0.3) is 11.8 Å². The third-order valence-corrected chi connectivity index (χ3v) is 5.25. The third-order valence-electron chi connectivity index (χ3n) is 5.25. The number of hydrogen-bond donors (Lipinski definition) is 0. The summed E-state index contributed by atoms with van der Waals surface area (Å²) in [6, 6.07) is 5.20. The zero-order chi connectivity index (χ0) is 25.0. The van der Waals surface area contributed by atoms with Crippen molar-refractivity contribution in [3.63, 3.8) is 0 Å². The van der Waals surface area contributed by atoms with Gasteiger partial charge in [-0.2, -0.15) is 0 Å². The molecule has 2 aliphatic heterocycles. The Labute approximate surface area is 199 Å². The summed E-state index contributed by atoms with van der Waals surface area (Å²) >= 11 is 0. The Hall–Kier alpha value is -2.98. The Bertz CT molecular complexity index is 949. The summed E-state index contributed by atoms with van der Waals surface area (Å²) in [5, 5.41) is 0. The second kappa shape index (κ2) is 10.5. The summed E-state index contributed by atoms with van der Waals surface area (Å²) < 4.78 is 21.4. The van der Waals surface area contributed by atoms with Crippen LogP contribution in [0.5, 0.6) is 0 Å². The van der Waals surface area contributed by atoms with E-state index in [2.05, 4.69) is 0 Å². The monoisotopic (exact) mass is 476 g/mol. The molecule has 2 atom stereocenters. The smallest absolute Gasteiger partial charge is 0.351 e. The molecule has 2 fully saturated rings. The lowest BCUT2D eigenvalue weighted by molar-refractivity contribution is -0.188. The maximum absolute atomic E-state index is 13.4. The van der Waals surface area contributed by atoms with Crippen LogP contribution in [-0.4, -0.2) is 85.9 Å². The predicted octanol–water partition coefficient (Wildman–Crippen LogP) is 1.47. The molecule has 2 unspecified atom stereocenters. The molecule has 3 rings (SSSR count). The highest BCUT2D eigenvalue weighted by atomic mass is 16.6. The number of esters is 2. The fraction of sp³-hybridized carbons (Fsp3) is 0.583. The highest BCUT2D eigenvalue weighted by molar-refractivity contribution is 6.02. The van der Waals surface area contributed by atoms with Crippen molar-refractivity contribution in [2.24, 2.45) is 0 Å². The molecule has 0 saturated carbocycles. The molecule has 186 valence electrons. The van der Waals surface area contributed by atoms with E-state index in [0.29, 0.717) is 37.6 Å². The molecule has 1 aromatic rings. The minimum absolute atomic E-state index is 0.109. The van der Waals surface area contributed by atoms with Crippen molar-refractivity contribution in [1.82, 2.24) is 4.90 Å². The Balaban J connectivity index is 1.87. The number of nitrogens with zero attached hydrogens (tertiary/aromatic N) is 2. The van der Waals surface area contributed by atoms with Crippen LogP contribution >= 0.6 is 0 Å². The van der Waals surface area contributed by atoms with Gasteiger partial charge in [-0.3, -0.25) is 14.4 Å². The van der Waals surface area contributed by atoms with E-state index < -0.39 is 35.7 Å². The van der Waals surface area contributed by atoms with Crippen molar-refractivity contribution in [3.05, 3.63) is 29.3 Å². The van der Waals surface area contributed by atoms with Crippen LogP contribution in [0.1, 0.15) is 43.6 Å². The van der Waals surface area contributed by atoms with Crippen molar-refractivity contribution >= 4 is 29.4 Å². The van der Waals surface area contributed by atoms with Gasteiger partial charge in [0.15, 0.2) is 6.10 Å². The molecule has 0 radical (unpaired) electrons. The molecule has 2 amide bonds. The van der Waals surface area contributed by atoms with E-state index in [-0.39, 0.29) is 19.1 Å². The van der Waals surface area contributed by atoms with E-state index in [9.17, 15) is 19.2 Å². The van der Waals surface area contributed by atoms with E-state index in [1.54, 1.807) is 43.9 Å². The number of aryl methyl sites for hydroxylation is 1. The molecule has 10 heteroatoms. The number of carbonyl (C=O) groups is 4. The predicted molar refractivity (Wildman–Crippen MR) is 121 cm³/mol. The van der Waals surface area contributed by atoms with E-state index in [1.165, 1.54) is 4.90 Å². The maximum atomic E-state index is 13.4. The molecule has 0 aromatic heterocycles. The summed E-state index contributed by atoms with van der Waals surface area (Å²) in [5.41, 5.74) is 0.906. The van der Waals surface area contributed by atoms with Crippen LogP contribution in [0.3, 0.4) is 0 Å². The van der Waals surface area contributed by atoms with Crippen molar-refractivity contribution in [1.29, 1.82) is 0 Å². The fourth-order valence-electron chi connectivity index (χ4n) is 3.84. The molecule has 0 aliphatic carbocycles. The van der Waals surface area contributed by atoms with E-state index in [0.717, 1.165) is 12.5 Å². The molecule has 0 N–H and O–H groups in total. The lowest BCUT2D eigenvalue weighted by Gasteiger charge is -2.36. The number of anilines is 1. The molecule has 2 heterocycles. The van der Waals surface area contributed by atoms with Crippen LogP contribution in [0, 0.1) is 6.92 Å². The molecule has 2 saturated heterocycles. The number of carbonyl (C=O) groups excluding carboxylic acids is 4. The molecular formula is C24H32N2O8. The van der Waals surface area contributed by atoms with Gasteiger partial charge in [0.1, 0.15) is 5.60 Å². The van der Waals surface area contributed by atoms with Crippen molar-refractivity contribution in [3.8, 4) is 0 Å². The minimum Gasteiger partial charge on any atom is -0.457 e. The fourth-order valence-corrected chi connectivity index (χ4v) is 3.84. The third kappa shape index (κ3) is 6.32. The number of rotatable bonds is 5. The molecule has 2 aliphatic rings. The van der Waals surface area contributed by atoms with Gasteiger partial charge < -0.3 is 28.7 Å². The van der Waals surface area contributed by atoms with Gasteiger partial charge >= 0.3 is 11.9 Å². The summed E-state index contributed by atoms with van der Waals surface area (Å²) in [7, 11) is 0. The molecule has 0 bridgehead atoms. The molecule has 0 spiro atoms. The first kappa shape index (κ1) is 25.6. The Kier molecular flexibility index (Phi) is 7.93. The van der Waals surface area contributed by atoms with Crippen LogP contribution in [0.4, 0.5) is 5.69 Å². The average molecular weight is 477 g/mol. The normalized spacial score (nSPS) is 20.0. The highest BCUT2D eigenvalue weighted by Crippen LogP contribution is 2.26. The molecular weight excluding hydrogens is 444 g/mol. The minimum atomic E-state index is -1.55. The Morgan fingerprint density at radius 1 is 1.06 bits per heavy atom. The van der Waals surface area contributed by atoms with E-state index in [1.807, 2.05) is 6.92 Å². The van der Waals surface area contributed by atoms with Crippen LogP contribution < -0.4 is 4.90 Å². The zero-order valence-corrected chi connectivity index (χ0v) is 20.3.